The van der Waals surface area contributed by atoms with Gasteiger partial charge in [0.05, 0.1) is 6.54 Å². The molecule has 1 heterocycles. The average Bonchev–Trinajstić information content (AvgIpc) is 2.83. The SMILES string of the molecule is O=C(CNC(=O)c1ccc(Br)o1)c1ccccc1. The molecule has 92 valence electrons. The number of carbonyl (C=O) groups is 2. The number of nitrogens with one attached hydrogen (secondary N) is 1. The van der Waals surface area contributed by atoms with Crippen LogP contribution in [0.25, 0.3) is 0 Å². The number of furan rings is 1. The van der Waals surface area contributed by atoms with Crippen LogP contribution in [0.2, 0.25) is 0 Å². The maximum atomic E-state index is 11.7. The van der Waals surface area contributed by atoms with Crippen LogP contribution in [-0.2, 0) is 0 Å². The molecule has 0 bridgehead atoms. The highest BCUT2D eigenvalue weighted by Crippen LogP contribution is 2.13. The van der Waals surface area contributed by atoms with Crippen LogP contribution in [0.15, 0.2) is 51.6 Å². The molecule has 18 heavy (non-hydrogen) atoms. The van der Waals surface area contributed by atoms with Crippen LogP contribution in [0, 0.1) is 0 Å². The molecular formula is C13H10BrNO3. The van der Waals surface area contributed by atoms with Crippen molar-refractivity contribution in [3.63, 3.8) is 0 Å². The maximum Gasteiger partial charge on any atom is 0.287 e. The summed E-state index contributed by atoms with van der Waals surface area (Å²) in [6.07, 6.45) is 0. The molecule has 0 atom stereocenters. The summed E-state index contributed by atoms with van der Waals surface area (Å²) < 4.78 is 5.55. The Bertz CT molecular complexity index is 563. The van der Waals surface area contributed by atoms with E-state index >= 15 is 0 Å². The fraction of sp³-hybridized carbons (Fsp3) is 0.0769. The van der Waals surface area contributed by atoms with Gasteiger partial charge in [0, 0.05) is 5.56 Å². The number of carbonyl (C=O) groups excluding carboxylic acids is 2. The lowest BCUT2D eigenvalue weighted by molar-refractivity contribution is 0.0884. The van der Waals surface area contributed by atoms with Crippen LogP contribution in [0.1, 0.15) is 20.9 Å². The molecule has 0 fully saturated rings. The fourth-order valence-corrected chi connectivity index (χ4v) is 1.72. The van der Waals surface area contributed by atoms with Crippen molar-refractivity contribution in [2.45, 2.75) is 0 Å². The molecule has 1 N–H and O–H groups in total. The van der Waals surface area contributed by atoms with E-state index in [1.165, 1.54) is 6.07 Å². The lowest BCUT2D eigenvalue weighted by Crippen LogP contribution is -2.29. The first-order chi connectivity index (χ1) is 8.66. The van der Waals surface area contributed by atoms with Crippen molar-refractivity contribution < 1.29 is 14.0 Å². The molecule has 0 unspecified atom stereocenters. The number of Topliss-reactive ketones (excluding diaryl/α,β-unsaturated/α-hetero) is 1. The number of hydrogen-bond acceptors (Lipinski definition) is 3. The van der Waals surface area contributed by atoms with Gasteiger partial charge in [0.1, 0.15) is 0 Å². The van der Waals surface area contributed by atoms with Gasteiger partial charge in [-0.3, -0.25) is 9.59 Å². The van der Waals surface area contributed by atoms with Gasteiger partial charge in [0.15, 0.2) is 16.2 Å². The van der Waals surface area contributed by atoms with E-state index in [9.17, 15) is 9.59 Å². The van der Waals surface area contributed by atoms with E-state index in [-0.39, 0.29) is 18.1 Å². The van der Waals surface area contributed by atoms with Gasteiger partial charge < -0.3 is 9.73 Å². The molecule has 2 aromatic rings. The molecule has 0 radical (unpaired) electrons. The number of benzene rings is 1. The first-order valence-corrected chi connectivity index (χ1v) is 6.08. The van der Waals surface area contributed by atoms with Crippen LogP contribution in [-0.4, -0.2) is 18.2 Å². The molecule has 5 heteroatoms. The molecule has 0 saturated heterocycles. The highest BCUT2D eigenvalue weighted by Gasteiger charge is 2.12. The van der Waals surface area contributed by atoms with E-state index in [1.807, 2.05) is 6.07 Å². The topological polar surface area (TPSA) is 59.3 Å². The van der Waals surface area contributed by atoms with Crippen molar-refractivity contribution in [3.05, 3.63) is 58.5 Å². The van der Waals surface area contributed by atoms with Gasteiger partial charge in [-0.15, -0.1) is 0 Å². The summed E-state index contributed by atoms with van der Waals surface area (Å²) in [5.41, 5.74) is 0.568. The Morgan fingerprint density at radius 1 is 1.11 bits per heavy atom. The van der Waals surface area contributed by atoms with Crippen LogP contribution in [0.4, 0.5) is 0 Å². The quantitative estimate of drug-likeness (QED) is 0.883. The van der Waals surface area contributed by atoms with Crippen LogP contribution in [0.5, 0.6) is 0 Å². The lowest BCUT2D eigenvalue weighted by Gasteiger charge is -2.02. The van der Waals surface area contributed by atoms with E-state index in [0.717, 1.165) is 0 Å². The van der Waals surface area contributed by atoms with Crippen LogP contribution >= 0.6 is 15.9 Å². The zero-order chi connectivity index (χ0) is 13.0. The molecule has 1 aromatic heterocycles. The number of rotatable bonds is 4. The summed E-state index contributed by atoms with van der Waals surface area (Å²) in [4.78, 5) is 23.3. The smallest absolute Gasteiger partial charge is 0.287 e. The minimum Gasteiger partial charge on any atom is -0.444 e. The normalized spacial score (nSPS) is 10.1. The minimum absolute atomic E-state index is 0.0544. The summed E-state index contributed by atoms with van der Waals surface area (Å²) in [7, 11) is 0. The summed E-state index contributed by atoms with van der Waals surface area (Å²) in [5.74, 6) is -0.387. The average molecular weight is 308 g/mol. The third-order valence-electron chi connectivity index (χ3n) is 2.30. The van der Waals surface area contributed by atoms with Crippen molar-refractivity contribution in [1.82, 2.24) is 5.32 Å². The Morgan fingerprint density at radius 2 is 1.83 bits per heavy atom. The van der Waals surface area contributed by atoms with Gasteiger partial charge in [-0.25, -0.2) is 0 Å². The van der Waals surface area contributed by atoms with E-state index in [4.69, 9.17) is 4.42 Å². The second kappa shape index (κ2) is 5.64. The molecule has 0 aliphatic heterocycles. The molecule has 0 saturated carbocycles. The predicted octanol–water partition coefficient (Wildman–Crippen LogP) is 2.65. The zero-order valence-electron chi connectivity index (χ0n) is 9.35. The summed E-state index contributed by atoms with van der Waals surface area (Å²) in [6, 6.07) is 11.9. The summed E-state index contributed by atoms with van der Waals surface area (Å²) >= 11 is 3.10. The molecule has 0 aliphatic carbocycles. The van der Waals surface area contributed by atoms with Crippen molar-refractivity contribution in [2.24, 2.45) is 0 Å². The van der Waals surface area contributed by atoms with Crippen molar-refractivity contribution >= 4 is 27.6 Å². The predicted molar refractivity (Wildman–Crippen MR) is 69.5 cm³/mol. The summed E-state index contributed by atoms with van der Waals surface area (Å²) in [6.45, 7) is -0.0544. The largest absolute Gasteiger partial charge is 0.444 e. The van der Waals surface area contributed by atoms with Gasteiger partial charge in [0.25, 0.3) is 5.91 Å². The van der Waals surface area contributed by atoms with E-state index in [2.05, 4.69) is 21.2 Å². The molecule has 0 aliphatic rings. The first kappa shape index (κ1) is 12.6. The molecule has 1 aromatic carbocycles. The van der Waals surface area contributed by atoms with Crippen molar-refractivity contribution in [3.8, 4) is 0 Å². The Hall–Kier alpha value is -1.88. The zero-order valence-corrected chi connectivity index (χ0v) is 10.9. The van der Waals surface area contributed by atoms with Gasteiger partial charge in [-0.2, -0.15) is 0 Å². The van der Waals surface area contributed by atoms with Crippen molar-refractivity contribution in [1.29, 1.82) is 0 Å². The van der Waals surface area contributed by atoms with Crippen LogP contribution in [0.3, 0.4) is 0 Å². The maximum absolute atomic E-state index is 11.7. The number of amides is 1. The Balaban J connectivity index is 1.92. The Labute approximate surface area is 112 Å². The fourth-order valence-electron chi connectivity index (χ4n) is 1.41. The van der Waals surface area contributed by atoms with Crippen molar-refractivity contribution in [2.75, 3.05) is 6.54 Å². The minimum atomic E-state index is -0.412. The molecule has 2 rings (SSSR count). The second-order valence-electron chi connectivity index (χ2n) is 3.58. The number of halogens is 1. The Kier molecular flexibility index (Phi) is 3.94. The Morgan fingerprint density at radius 3 is 2.44 bits per heavy atom. The monoisotopic (exact) mass is 307 g/mol. The highest BCUT2D eigenvalue weighted by molar-refractivity contribution is 9.10. The first-order valence-electron chi connectivity index (χ1n) is 5.28. The third-order valence-corrected chi connectivity index (χ3v) is 2.73. The number of hydrogen-bond donors (Lipinski definition) is 1. The van der Waals surface area contributed by atoms with E-state index in [0.29, 0.717) is 10.2 Å². The van der Waals surface area contributed by atoms with E-state index < -0.39 is 5.91 Å². The highest BCUT2D eigenvalue weighted by atomic mass is 79.9. The van der Waals surface area contributed by atoms with Gasteiger partial charge in [0.2, 0.25) is 0 Å². The lowest BCUT2D eigenvalue weighted by atomic mass is 10.1. The molecule has 4 nitrogen and oxygen atoms in total. The third kappa shape index (κ3) is 3.07. The summed E-state index contributed by atoms with van der Waals surface area (Å²) in [5, 5.41) is 2.51. The van der Waals surface area contributed by atoms with Gasteiger partial charge in [-0.1, -0.05) is 30.3 Å². The standard InChI is InChI=1S/C13H10BrNO3/c14-12-7-6-11(18-12)13(17)15-8-10(16)9-4-2-1-3-5-9/h1-7H,8H2,(H,15,17). The second-order valence-corrected chi connectivity index (χ2v) is 4.36. The number of ketones is 1. The molecular weight excluding hydrogens is 298 g/mol. The van der Waals surface area contributed by atoms with Gasteiger partial charge in [-0.05, 0) is 28.1 Å². The van der Waals surface area contributed by atoms with Crippen LogP contribution < -0.4 is 5.32 Å². The molecule has 0 spiro atoms. The van der Waals surface area contributed by atoms with E-state index in [1.54, 1.807) is 30.3 Å². The van der Waals surface area contributed by atoms with Gasteiger partial charge >= 0.3 is 0 Å². The molecule has 1 amide bonds.